The molecule has 1 aromatic rings. The summed E-state index contributed by atoms with van der Waals surface area (Å²) in [4.78, 5) is 16.1. The van der Waals surface area contributed by atoms with E-state index in [0.717, 1.165) is 6.54 Å². The van der Waals surface area contributed by atoms with E-state index >= 15 is 0 Å². The first-order chi connectivity index (χ1) is 8.72. The smallest absolute Gasteiger partial charge is 0.231 e. The van der Waals surface area contributed by atoms with Crippen molar-refractivity contribution >= 4 is 23.2 Å². The molecule has 0 spiro atoms. The average molecular weight is 270 g/mol. The molecule has 0 bridgehead atoms. The van der Waals surface area contributed by atoms with E-state index in [4.69, 9.17) is 16.3 Å². The first kappa shape index (κ1) is 13.3. The van der Waals surface area contributed by atoms with Crippen LogP contribution in [0.1, 0.15) is 6.92 Å². The highest BCUT2D eigenvalue weighted by Gasteiger charge is 2.33. The molecule has 2 atom stereocenters. The molecule has 1 aliphatic rings. The molecule has 1 saturated heterocycles. The number of hydrogen-bond acceptors (Lipinski definition) is 4. The molecule has 0 saturated carbocycles. The van der Waals surface area contributed by atoms with Gasteiger partial charge in [-0.25, -0.2) is 0 Å². The molecule has 2 unspecified atom stereocenters. The van der Waals surface area contributed by atoms with Crippen LogP contribution in [-0.2, 0) is 9.53 Å². The molecule has 98 valence electrons. The Morgan fingerprint density at radius 1 is 1.61 bits per heavy atom. The largest absolute Gasteiger partial charge is 0.379 e. The van der Waals surface area contributed by atoms with Crippen LogP contribution in [0.3, 0.4) is 0 Å². The molecule has 0 aromatic carbocycles. The van der Waals surface area contributed by atoms with Gasteiger partial charge in [0.1, 0.15) is 0 Å². The Morgan fingerprint density at radius 2 is 2.44 bits per heavy atom. The van der Waals surface area contributed by atoms with Gasteiger partial charge in [0.15, 0.2) is 0 Å². The van der Waals surface area contributed by atoms with Crippen molar-refractivity contribution in [3.63, 3.8) is 0 Å². The Kier molecular flexibility index (Phi) is 4.52. The lowest BCUT2D eigenvalue weighted by molar-refractivity contribution is -0.120. The van der Waals surface area contributed by atoms with Crippen molar-refractivity contribution in [1.82, 2.24) is 10.3 Å². The summed E-state index contributed by atoms with van der Waals surface area (Å²) in [6.45, 7) is 3.81. The lowest BCUT2D eigenvalue weighted by atomic mass is 10.0. The number of carbonyl (C=O) groups is 1. The van der Waals surface area contributed by atoms with Crippen molar-refractivity contribution < 1.29 is 9.53 Å². The number of nitrogens with one attached hydrogen (secondary N) is 2. The molecular weight excluding hydrogens is 254 g/mol. The molecule has 1 aliphatic heterocycles. The average Bonchev–Trinajstić information content (AvgIpc) is 2.81. The summed E-state index contributed by atoms with van der Waals surface area (Å²) in [5.74, 6) is -0.283. The summed E-state index contributed by atoms with van der Waals surface area (Å²) in [5, 5.41) is 6.51. The number of nitrogens with zero attached hydrogens (tertiary/aromatic N) is 1. The van der Waals surface area contributed by atoms with E-state index in [-0.39, 0.29) is 17.9 Å². The van der Waals surface area contributed by atoms with Crippen LogP contribution in [0.4, 0.5) is 5.69 Å². The van der Waals surface area contributed by atoms with Crippen LogP contribution in [0.25, 0.3) is 0 Å². The van der Waals surface area contributed by atoms with Crippen LogP contribution in [0, 0.1) is 5.92 Å². The quantitative estimate of drug-likeness (QED) is 0.865. The molecule has 5 nitrogen and oxygen atoms in total. The van der Waals surface area contributed by atoms with Crippen molar-refractivity contribution in [2.45, 2.75) is 13.0 Å². The highest BCUT2D eigenvalue weighted by molar-refractivity contribution is 6.33. The third kappa shape index (κ3) is 2.98. The minimum absolute atomic E-state index is 0.0606. The Hall–Kier alpha value is -1.17. The number of hydrogen-bond donors (Lipinski definition) is 2. The van der Waals surface area contributed by atoms with E-state index in [9.17, 15) is 4.79 Å². The van der Waals surface area contributed by atoms with E-state index in [0.29, 0.717) is 23.9 Å². The van der Waals surface area contributed by atoms with Crippen LogP contribution < -0.4 is 10.6 Å². The molecule has 1 amide bonds. The molecule has 1 aromatic heterocycles. The van der Waals surface area contributed by atoms with Crippen LogP contribution in [0.2, 0.25) is 5.02 Å². The summed E-state index contributed by atoms with van der Waals surface area (Å²) in [6, 6.07) is 1.70. The highest BCUT2D eigenvalue weighted by Crippen LogP contribution is 2.22. The number of aromatic nitrogens is 1. The number of ether oxygens (including phenoxy) is 1. The van der Waals surface area contributed by atoms with E-state index < -0.39 is 0 Å². The lowest BCUT2D eigenvalue weighted by Crippen LogP contribution is -2.41. The molecule has 2 rings (SSSR count). The number of carbonyl (C=O) groups excluding carboxylic acids is 1. The Labute approximate surface area is 111 Å². The maximum Gasteiger partial charge on any atom is 0.231 e. The third-order valence-corrected chi connectivity index (χ3v) is 3.24. The zero-order valence-corrected chi connectivity index (χ0v) is 10.9. The Bertz CT molecular complexity index is 428. The van der Waals surface area contributed by atoms with Crippen molar-refractivity contribution in [2.24, 2.45) is 5.92 Å². The zero-order chi connectivity index (χ0) is 13.0. The van der Waals surface area contributed by atoms with Crippen LogP contribution in [0.5, 0.6) is 0 Å². The van der Waals surface area contributed by atoms with Crippen LogP contribution in [0.15, 0.2) is 18.5 Å². The highest BCUT2D eigenvalue weighted by atomic mass is 35.5. The second kappa shape index (κ2) is 6.13. The number of likely N-dealkylation sites (N-methyl/N-ethyl adjacent to an activating group) is 1. The van der Waals surface area contributed by atoms with E-state index in [2.05, 4.69) is 15.6 Å². The molecule has 2 heterocycles. The van der Waals surface area contributed by atoms with E-state index in [1.54, 1.807) is 12.3 Å². The van der Waals surface area contributed by atoms with Crippen LogP contribution in [-0.4, -0.2) is 36.7 Å². The topological polar surface area (TPSA) is 63.2 Å². The van der Waals surface area contributed by atoms with Crippen molar-refractivity contribution in [3.8, 4) is 0 Å². The van der Waals surface area contributed by atoms with Gasteiger partial charge in [-0.2, -0.15) is 0 Å². The third-order valence-electron chi connectivity index (χ3n) is 2.91. The van der Waals surface area contributed by atoms with Gasteiger partial charge >= 0.3 is 0 Å². The Morgan fingerprint density at radius 3 is 3.17 bits per heavy atom. The fourth-order valence-electron chi connectivity index (χ4n) is 1.97. The molecule has 1 fully saturated rings. The molecule has 6 heteroatoms. The lowest BCUT2D eigenvalue weighted by Gasteiger charge is -2.17. The monoisotopic (exact) mass is 269 g/mol. The minimum Gasteiger partial charge on any atom is -0.379 e. The maximum absolute atomic E-state index is 12.1. The SMILES string of the molecule is CCNC1COCC1C(=O)Nc1cnccc1Cl. The van der Waals surface area contributed by atoms with Gasteiger partial charge in [-0.1, -0.05) is 18.5 Å². The predicted molar refractivity (Wildman–Crippen MR) is 69.7 cm³/mol. The number of amides is 1. The van der Waals surface area contributed by atoms with Crippen molar-refractivity contribution in [3.05, 3.63) is 23.5 Å². The summed E-state index contributed by atoms with van der Waals surface area (Å²) >= 11 is 5.97. The first-order valence-electron chi connectivity index (χ1n) is 5.94. The summed E-state index contributed by atoms with van der Waals surface area (Å²) in [5.41, 5.74) is 0.534. The summed E-state index contributed by atoms with van der Waals surface area (Å²) in [6.07, 6.45) is 3.12. The molecule has 18 heavy (non-hydrogen) atoms. The number of rotatable bonds is 4. The molecule has 2 N–H and O–H groups in total. The molecular formula is C12H16ClN3O2. The van der Waals surface area contributed by atoms with Gasteiger partial charge in [-0.3, -0.25) is 9.78 Å². The minimum atomic E-state index is -0.193. The number of anilines is 1. The fraction of sp³-hybridized carbons (Fsp3) is 0.500. The van der Waals surface area contributed by atoms with Gasteiger partial charge in [-0.05, 0) is 12.6 Å². The fourth-order valence-corrected chi connectivity index (χ4v) is 2.12. The van der Waals surface area contributed by atoms with Gasteiger partial charge < -0.3 is 15.4 Å². The molecule has 0 radical (unpaired) electrons. The normalized spacial score (nSPS) is 23.0. The maximum atomic E-state index is 12.1. The number of pyridine rings is 1. The molecule has 0 aliphatic carbocycles. The predicted octanol–water partition coefficient (Wildman–Crippen LogP) is 1.30. The zero-order valence-electron chi connectivity index (χ0n) is 10.1. The van der Waals surface area contributed by atoms with E-state index in [1.807, 2.05) is 6.92 Å². The standard InChI is InChI=1S/C12H16ClN3O2/c1-2-15-11-7-18-6-8(11)12(17)16-10-5-14-4-3-9(10)13/h3-5,8,11,15H,2,6-7H2,1H3,(H,16,17). The Balaban J connectivity index is 2.01. The first-order valence-corrected chi connectivity index (χ1v) is 6.31. The van der Waals surface area contributed by atoms with Gasteiger partial charge in [0.2, 0.25) is 5.91 Å². The van der Waals surface area contributed by atoms with Crippen LogP contribution >= 0.6 is 11.6 Å². The summed E-state index contributed by atoms with van der Waals surface area (Å²) in [7, 11) is 0. The second-order valence-electron chi connectivity index (χ2n) is 4.15. The van der Waals surface area contributed by atoms with Gasteiger partial charge in [0.25, 0.3) is 0 Å². The van der Waals surface area contributed by atoms with Gasteiger partial charge in [0, 0.05) is 12.2 Å². The van der Waals surface area contributed by atoms with Crippen molar-refractivity contribution in [1.29, 1.82) is 0 Å². The van der Waals surface area contributed by atoms with Crippen molar-refractivity contribution in [2.75, 3.05) is 25.1 Å². The van der Waals surface area contributed by atoms with Gasteiger partial charge in [-0.15, -0.1) is 0 Å². The van der Waals surface area contributed by atoms with E-state index in [1.165, 1.54) is 6.20 Å². The second-order valence-corrected chi connectivity index (χ2v) is 4.56. The number of halogens is 1. The van der Waals surface area contributed by atoms with Gasteiger partial charge in [0.05, 0.1) is 36.0 Å². The summed E-state index contributed by atoms with van der Waals surface area (Å²) < 4.78 is 5.34.